The fourth-order valence-corrected chi connectivity index (χ4v) is 6.71. The molecule has 0 spiro atoms. The Morgan fingerprint density at radius 1 is 1.25 bits per heavy atom. The van der Waals surface area contributed by atoms with Gasteiger partial charge in [-0.1, -0.05) is 0 Å². The lowest BCUT2D eigenvalue weighted by molar-refractivity contribution is 0.254. The van der Waals surface area contributed by atoms with Crippen LogP contribution in [0.2, 0.25) is 0 Å². The molecule has 0 bridgehead atoms. The van der Waals surface area contributed by atoms with Crippen LogP contribution in [0.15, 0.2) is 35.5 Å². The summed E-state index contributed by atoms with van der Waals surface area (Å²) in [4.78, 5) is 2.12. The molecule has 1 aliphatic rings. The minimum atomic E-state index is -3.47. The van der Waals surface area contributed by atoms with Gasteiger partial charge in [0, 0.05) is 42.6 Å². The summed E-state index contributed by atoms with van der Waals surface area (Å²) in [5.74, 6) is 0.543. The molecule has 0 aliphatic carbocycles. The number of rotatable bonds is 6. The lowest BCUT2D eigenvalue weighted by atomic mass is 9.95. The first-order valence-electron chi connectivity index (χ1n) is 9.54. The SMILES string of the molecule is Cc1cc(-c2cc(S(=O)(=O)N3CCC(CCn4cccn4)CC3)c(C)s2)n[nH]1. The van der Waals surface area contributed by atoms with Crippen molar-refractivity contribution in [2.24, 2.45) is 5.92 Å². The Labute approximate surface area is 169 Å². The van der Waals surface area contributed by atoms with E-state index in [1.165, 1.54) is 11.3 Å². The molecule has 3 aromatic rings. The zero-order valence-corrected chi connectivity index (χ0v) is 17.8. The Bertz CT molecular complexity index is 1030. The Morgan fingerprint density at radius 3 is 2.68 bits per heavy atom. The lowest BCUT2D eigenvalue weighted by Gasteiger charge is -2.31. The summed E-state index contributed by atoms with van der Waals surface area (Å²) in [6.45, 7) is 5.86. The van der Waals surface area contributed by atoms with Gasteiger partial charge in [-0.25, -0.2) is 8.42 Å². The Balaban J connectivity index is 1.42. The van der Waals surface area contributed by atoms with Gasteiger partial charge in [0.25, 0.3) is 0 Å². The highest BCUT2D eigenvalue weighted by molar-refractivity contribution is 7.89. The molecule has 0 radical (unpaired) electrons. The number of H-pyrrole nitrogens is 1. The third-order valence-corrected chi connectivity index (χ3v) is 8.57. The summed E-state index contributed by atoms with van der Waals surface area (Å²) in [5, 5.41) is 11.4. The van der Waals surface area contributed by atoms with Crippen LogP contribution < -0.4 is 0 Å². The van der Waals surface area contributed by atoms with Crippen molar-refractivity contribution >= 4 is 21.4 Å². The van der Waals surface area contributed by atoms with Crippen molar-refractivity contribution in [3.05, 3.63) is 41.2 Å². The van der Waals surface area contributed by atoms with Crippen LogP contribution in [0.25, 0.3) is 10.6 Å². The molecule has 0 unspecified atom stereocenters. The van der Waals surface area contributed by atoms with Crippen molar-refractivity contribution < 1.29 is 8.42 Å². The van der Waals surface area contributed by atoms with E-state index in [0.29, 0.717) is 23.9 Å². The zero-order chi connectivity index (χ0) is 19.7. The molecule has 1 saturated heterocycles. The van der Waals surface area contributed by atoms with Crippen molar-refractivity contribution in [2.75, 3.05) is 13.1 Å². The molecule has 4 rings (SSSR count). The van der Waals surface area contributed by atoms with Crippen LogP contribution in [0.5, 0.6) is 0 Å². The van der Waals surface area contributed by atoms with Crippen molar-refractivity contribution in [3.63, 3.8) is 0 Å². The van der Waals surface area contributed by atoms with Crippen LogP contribution in [0.4, 0.5) is 0 Å². The van der Waals surface area contributed by atoms with E-state index in [2.05, 4.69) is 15.3 Å². The molecule has 1 N–H and O–H groups in total. The molecule has 0 amide bonds. The number of aromatic nitrogens is 4. The second-order valence-electron chi connectivity index (χ2n) is 7.37. The van der Waals surface area contributed by atoms with E-state index in [1.54, 1.807) is 16.6 Å². The molecule has 1 aliphatic heterocycles. The smallest absolute Gasteiger partial charge is 0.244 e. The summed E-state index contributed by atoms with van der Waals surface area (Å²) < 4.78 is 30.0. The van der Waals surface area contributed by atoms with Gasteiger partial charge in [-0.2, -0.15) is 14.5 Å². The molecule has 1 fully saturated rings. The van der Waals surface area contributed by atoms with Gasteiger partial charge in [0.1, 0.15) is 5.69 Å². The van der Waals surface area contributed by atoms with E-state index in [4.69, 9.17) is 0 Å². The van der Waals surface area contributed by atoms with Crippen LogP contribution in [0, 0.1) is 19.8 Å². The van der Waals surface area contributed by atoms with Crippen LogP contribution in [0.3, 0.4) is 0 Å². The van der Waals surface area contributed by atoms with E-state index in [1.807, 2.05) is 36.9 Å². The number of thiophene rings is 1. The van der Waals surface area contributed by atoms with Gasteiger partial charge in [-0.15, -0.1) is 11.3 Å². The van der Waals surface area contributed by atoms with Crippen molar-refractivity contribution in [1.82, 2.24) is 24.3 Å². The lowest BCUT2D eigenvalue weighted by Crippen LogP contribution is -2.38. The first-order chi connectivity index (χ1) is 13.4. The molecule has 150 valence electrons. The van der Waals surface area contributed by atoms with E-state index >= 15 is 0 Å². The van der Waals surface area contributed by atoms with Gasteiger partial charge in [0.15, 0.2) is 0 Å². The average Bonchev–Trinajstić information content (AvgIpc) is 3.41. The second kappa shape index (κ2) is 7.81. The Hall–Kier alpha value is -1.97. The minimum Gasteiger partial charge on any atom is -0.282 e. The van der Waals surface area contributed by atoms with Crippen LogP contribution in [-0.4, -0.2) is 45.8 Å². The summed E-state index contributed by atoms with van der Waals surface area (Å²) in [6, 6.07) is 5.64. The van der Waals surface area contributed by atoms with E-state index in [-0.39, 0.29) is 0 Å². The van der Waals surface area contributed by atoms with Crippen molar-refractivity contribution in [2.45, 2.75) is 44.6 Å². The monoisotopic (exact) mass is 419 g/mol. The summed E-state index contributed by atoms with van der Waals surface area (Å²) >= 11 is 1.48. The maximum absolute atomic E-state index is 13.2. The first-order valence-corrected chi connectivity index (χ1v) is 11.8. The highest BCUT2D eigenvalue weighted by Crippen LogP contribution is 2.35. The van der Waals surface area contributed by atoms with E-state index in [9.17, 15) is 8.42 Å². The molecule has 28 heavy (non-hydrogen) atoms. The second-order valence-corrected chi connectivity index (χ2v) is 10.5. The van der Waals surface area contributed by atoms with Gasteiger partial charge in [-0.05, 0) is 57.2 Å². The largest absolute Gasteiger partial charge is 0.282 e. The topological polar surface area (TPSA) is 83.9 Å². The third kappa shape index (κ3) is 3.92. The number of nitrogens with zero attached hydrogens (tertiary/aromatic N) is 4. The number of hydrogen-bond acceptors (Lipinski definition) is 5. The zero-order valence-electron chi connectivity index (χ0n) is 16.1. The number of hydrogen-bond donors (Lipinski definition) is 1. The molecular weight excluding hydrogens is 394 g/mol. The number of sulfonamides is 1. The molecule has 9 heteroatoms. The average molecular weight is 420 g/mol. The highest BCUT2D eigenvalue weighted by atomic mass is 32.2. The summed E-state index contributed by atoms with van der Waals surface area (Å²) in [7, 11) is -3.47. The van der Waals surface area contributed by atoms with Crippen LogP contribution >= 0.6 is 11.3 Å². The summed E-state index contributed by atoms with van der Waals surface area (Å²) in [6.07, 6.45) is 6.59. The van der Waals surface area contributed by atoms with Gasteiger partial charge in [0.05, 0.1) is 9.77 Å². The maximum Gasteiger partial charge on any atom is 0.244 e. The van der Waals surface area contributed by atoms with Crippen molar-refractivity contribution in [1.29, 1.82) is 0 Å². The predicted molar refractivity (Wildman–Crippen MR) is 110 cm³/mol. The molecule has 4 heterocycles. The maximum atomic E-state index is 13.2. The number of aromatic amines is 1. The molecule has 7 nitrogen and oxygen atoms in total. The molecule has 0 aromatic carbocycles. The van der Waals surface area contributed by atoms with Crippen LogP contribution in [-0.2, 0) is 16.6 Å². The summed E-state index contributed by atoms with van der Waals surface area (Å²) in [5.41, 5.74) is 1.76. The van der Waals surface area contributed by atoms with Gasteiger partial charge >= 0.3 is 0 Å². The number of nitrogens with one attached hydrogen (secondary N) is 1. The Kier molecular flexibility index (Phi) is 5.39. The predicted octanol–water partition coefficient (Wildman–Crippen LogP) is 3.44. The van der Waals surface area contributed by atoms with Crippen LogP contribution in [0.1, 0.15) is 29.8 Å². The van der Waals surface area contributed by atoms with Gasteiger partial charge in [0.2, 0.25) is 10.0 Å². The molecule has 0 saturated carbocycles. The van der Waals surface area contributed by atoms with Crippen molar-refractivity contribution in [3.8, 4) is 10.6 Å². The Morgan fingerprint density at radius 2 is 2.04 bits per heavy atom. The highest BCUT2D eigenvalue weighted by Gasteiger charge is 2.31. The normalized spacial score (nSPS) is 16.6. The van der Waals surface area contributed by atoms with Gasteiger partial charge < -0.3 is 0 Å². The van der Waals surface area contributed by atoms with Gasteiger partial charge in [-0.3, -0.25) is 9.78 Å². The minimum absolute atomic E-state index is 0.420. The van der Waals surface area contributed by atoms with E-state index in [0.717, 1.165) is 46.9 Å². The fourth-order valence-electron chi connectivity index (χ4n) is 3.72. The fraction of sp³-hybridized carbons (Fsp3) is 0.474. The standard InChI is InChI=1S/C19H25N5O2S2/c1-14-12-17(22-21-14)18-13-19(15(2)27-18)28(25,26)24-10-5-16(6-11-24)4-9-23-8-3-7-20-23/h3,7-8,12-13,16H,4-6,9-11H2,1-2H3,(H,21,22). The molecule has 3 aromatic heterocycles. The first kappa shape index (κ1) is 19.4. The number of aryl methyl sites for hydroxylation is 3. The van der Waals surface area contributed by atoms with E-state index < -0.39 is 10.0 Å². The third-order valence-electron chi connectivity index (χ3n) is 5.35. The number of piperidine rings is 1. The molecule has 0 atom stereocenters. The molecular formula is C19H25N5O2S2. The quantitative estimate of drug-likeness (QED) is 0.663.